The molecule has 4 nitrogen and oxygen atoms in total. The molecule has 5 heteroatoms. The Hall–Kier alpha value is -1.10. The summed E-state index contributed by atoms with van der Waals surface area (Å²) < 4.78 is 0. The lowest BCUT2D eigenvalue weighted by Crippen LogP contribution is -2.32. The van der Waals surface area contributed by atoms with E-state index in [0.29, 0.717) is 16.6 Å². The molecule has 2 rings (SSSR count). The van der Waals surface area contributed by atoms with Crippen LogP contribution in [0.2, 0.25) is 0 Å². The van der Waals surface area contributed by atoms with Crippen LogP contribution in [0.15, 0.2) is 0 Å². The van der Waals surface area contributed by atoms with Gasteiger partial charge in [0.1, 0.15) is 4.88 Å². The average Bonchev–Trinajstić information content (AvgIpc) is 2.68. The minimum Gasteiger partial charge on any atom is -0.477 e. The molecular formula is C15H24N2O2S. The maximum absolute atomic E-state index is 11.5. The quantitative estimate of drug-likeness (QED) is 0.899. The molecule has 0 saturated carbocycles. The van der Waals surface area contributed by atoms with E-state index >= 15 is 0 Å². The Balaban J connectivity index is 2.39. The van der Waals surface area contributed by atoms with Crippen molar-refractivity contribution in [2.24, 2.45) is 0 Å². The van der Waals surface area contributed by atoms with E-state index in [4.69, 9.17) is 0 Å². The highest BCUT2D eigenvalue weighted by Gasteiger charge is 2.30. The Morgan fingerprint density at radius 3 is 2.60 bits per heavy atom. The van der Waals surface area contributed by atoms with Crippen LogP contribution in [-0.4, -0.2) is 28.6 Å². The van der Waals surface area contributed by atoms with Gasteiger partial charge >= 0.3 is 5.97 Å². The number of carboxylic acid groups (broad SMARTS) is 1. The zero-order valence-electron chi connectivity index (χ0n) is 12.8. The minimum atomic E-state index is -0.860. The summed E-state index contributed by atoms with van der Waals surface area (Å²) in [5.41, 5.74) is 0.471. The highest BCUT2D eigenvalue weighted by atomic mass is 32.1. The maximum atomic E-state index is 11.5. The highest BCUT2D eigenvalue weighted by Crippen LogP contribution is 2.35. The molecule has 1 saturated heterocycles. The van der Waals surface area contributed by atoms with Crippen LogP contribution in [-0.2, 0) is 5.41 Å². The first kappa shape index (κ1) is 15.3. The number of nitrogens with zero attached hydrogens (tertiary/aromatic N) is 2. The highest BCUT2D eigenvalue weighted by molar-refractivity contribution is 7.17. The molecule has 0 spiro atoms. The summed E-state index contributed by atoms with van der Waals surface area (Å²) in [4.78, 5) is 18.8. The standard InChI is InChI=1S/C15H24N2O2S/c1-10-8-6-5-7-9-17(10)14-16-12(15(2,3)4)11(20-14)13(18)19/h10H,5-9H2,1-4H3,(H,18,19). The van der Waals surface area contributed by atoms with Gasteiger partial charge in [0.25, 0.3) is 0 Å². The lowest BCUT2D eigenvalue weighted by molar-refractivity contribution is 0.0699. The van der Waals surface area contributed by atoms with Crippen molar-refractivity contribution in [1.29, 1.82) is 0 Å². The van der Waals surface area contributed by atoms with Crippen LogP contribution in [0.1, 0.15) is 68.7 Å². The largest absolute Gasteiger partial charge is 0.477 e. The molecule has 1 aliphatic heterocycles. The third-order valence-corrected chi connectivity index (χ3v) is 4.90. The molecule has 1 N–H and O–H groups in total. The molecule has 0 bridgehead atoms. The van der Waals surface area contributed by atoms with E-state index in [1.54, 1.807) is 0 Å². The smallest absolute Gasteiger partial charge is 0.347 e. The van der Waals surface area contributed by atoms with Crippen molar-refractivity contribution in [2.45, 2.75) is 64.8 Å². The normalized spacial score (nSPS) is 20.8. The van der Waals surface area contributed by atoms with Crippen LogP contribution >= 0.6 is 11.3 Å². The SMILES string of the molecule is CC1CCCCCN1c1nc(C(C)(C)C)c(C(=O)O)s1. The predicted octanol–water partition coefficient (Wildman–Crippen LogP) is 3.91. The first-order valence-corrected chi connectivity index (χ1v) is 8.13. The summed E-state index contributed by atoms with van der Waals surface area (Å²) in [5.74, 6) is -0.860. The topological polar surface area (TPSA) is 53.4 Å². The fourth-order valence-electron chi connectivity index (χ4n) is 2.64. The van der Waals surface area contributed by atoms with Crippen LogP contribution in [0, 0.1) is 0 Å². The van der Waals surface area contributed by atoms with E-state index in [0.717, 1.165) is 24.5 Å². The Morgan fingerprint density at radius 1 is 1.35 bits per heavy atom. The van der Waals surface area contributed by atoms with Gasteiger partial charge < -0.3 is 10.0 Å². The summed E-state index contributed by atoms with van der Waals surface area (Å²) in [6, 6.07) is 0.443. The molecule has 1 aromatic rings. The molecule has 20 heavy (non-hydrogen) atoms. The fraction of sp³-hybridized carbons (Fsp3) is 0.733. The number of thiazole rings is 1. The number of carbonyl (C=O) groups is 1. The van der Waals surface area contributed by atoms with Crippen molar-refractivity contribution in [3.63, 3.8) is 0 Å². The Kier molecular flexibility index (Phi) is 4.37. The summed E-state index contributed by atoms with van der Waals surface area (Å²) >= 11 is 1.33. The summed E-state index contributed by atoms with van der Waals surface area (Å²) in [5, 5.41) is 10.3. The van der Waals surface area contributed by atoms with Gasteiger partial charge in [0, 0.05) is 18.0 Å². The van der Waals surface area contributed by atoms with Crippen molar-refractivity contribution in [3.05, 3.63) is 10.6 Å². The van der Waals surface area contributed by atoms with Gasteiger partial charge in [0.2, 0.25) is 0 Å². The Morgan fingerprint density at radius 2 is 2.05 bits per heavy atom. The van der Waals surface area contributed by atoms with Gasteiger partial charge in [0.15, 0.2) is 5.13 Å². The van der Waals surface area contributed by atoms with E-state index < -0.39 is 5.97 Å². The molecule has 2 heterocycles. The molecule has 1 atom stereocenters. The molecular weight excluding hydrogens is 272 g/mol. The Labute approximate surface area is 124 Å². The molecule has 1 aliphatic rings. The van der Waals surface area contributed by atoms with Gasteiger partial charge in [-0.3, -0.25) is 0 Å². The van der Waals surface area contributed by atoms with Crippen LogP contribution in [0.5, 0.6) is 0 Å². The van der Waals surface area contributed by atoms with E-state index in [1.807, 2.05) is 20.8 Å². The molecule has 1 aromatic heterocycles. The second-order valence-corrected chi connectivity index (χ2v) is 7.60. The number of aromatic nitrogens is 1. The van der Waals surface area contributed by atoms with Crippen molar-refractivity contribution in [3.8, 4) is 0 Å². The predicted molar refractivity (Wildman–Crippen MR) is 83.0 cm³/mol. The van der Waals surface area contributed by atoms with Crippen LogP contribution < -0.4 is 4.90 Å². The van der Waals surface area contributed by atoms with E-state index in [-0.39, 0.29) is 5.41 Å². The third kappa shape index (κ3) is 3.14. The minimum absolute atomic E-state index is 0.239. The number of aromatic carboxylic acids is 1. The van der Waals surface area contributed by atoms with Gasteiger partial charge in [-0.2, -0.15) is 0 Å². The van der Waals surface area contributed by atoms with Gasteiger partial charge in [0.05, 0.1) is 5.69 Å². The summed E-state index contributed by atoms with van der Waals surface area (Å²) in [7, 11) is 0. The first-order chi connectivity index (χ1) is 9.30. The van der Waals surface area contributed by atoms with Gasteiger partial charge in [-0.1, -0.05) is 44.9 Å². The van der Waals surface area contributed by atoms with E-state index in [1.165, 1.54) is 24.2 Å². The molecule has 0 amide bonds. The number of hydrogen-bond donors (Lipinski definition) is 1. The summed E-state index contributed by atoms with van der Waals surface area (Å²) in [6.45, 7) is 9.25. The molecule has 0 aromatic carbocycles. The lowest BCUT2D eigenvalue weighted by atomic mass is 9.91. The van der Waals surface area contributed by atoms with E-state index in [9.17, 15) is 9.90 Å². The zero-order chi connectivity index (χ0) is 14.9. The molecule has 1 fully saturated rings. The van der Waals surface area contributed by atoms with Gasteiger partial charge in [-0.25, -0.2) is 9.78 Å². The zero-order valence-corrected chi connectivity index (χ0v) is 13.6. The average molecular weight is 296 g/mol. The number of carboxylic acids is 1. The molecule has 1 unspecified atom stereocenters. The van der Waals surface area contributed by atoms with Crippen LogP contribution in [0.25, 0.3) is 0 Å². The van der Waals surface area contributed by atoms with Gasteiger partial charge in [-0.05, 0) is 19.8 Å². The van der Waals surface area contributed by atoms with Crippen molar-refractivity contribution in [2.75, 3.05) is 11.4 Å². The van der Waals surface area contributed by atoms with Crippen molar-refractivity contribution >= 4 is 22.4 Å². The second-order valence-electron chi connectivity index (χ2n) is 6.62. The number of rotatable bonds is 2. The lowest BCUT2D eigenvalue weighted by Gasteiger charge is -2.26. The van der Waals surface area contributed by atoms with Crippen molar-refractivity contribution < 1.29 is 9.90 Å². The molecule has 0 radical (unpaired) electrons. The number of anilines is 1. The van der Waals surface area contributed by atoms with Crippen LogP contribution in [0.4, 0.5) is 5.13 Å². The first-order valence-electron chi connectivity index (χ1n) is 7.32. The number of hydrogen-bond acceptors (Lipinski definition) is 4. The maximum Gasteiger partial charge on any atom is 0.347 e. The van der Waals surface area contributed by atoms with Crippen molar-refractivity contribution in [1.82, 2.24) is 4.98 Å². The monoisotopic (exact) mass is 296 g/mol. The van der Waals surface area contributed by atoms with Gasteiger partial charge in [-0.15, -0.1) is 0 Å². The third-order valence-electron chi connectivity index (χ3n) is 3.82. The molecule has 112 valence electrons. The van der Waals surface area contributed by atoms with Crippen LogP contribution in [0.3, 0.4) is 0 Å². The Bertz CT molecular complexity index is 491. The molecule has 0 aliphatic carbocycles. The second kappa shape index (κ2) is 5.72. The van der Waals surface area contributed by atoms with E-state index in [2.05, 4.69) is 16.8 Å². The summed E-state index contributed by atoms with van der Waals surface area (Å²) in [6.07, 6.45) is 4.83. The fourth-order valence-corrected chi connectivity index (χ4v) is 3.89.